The van der Waals surface area contributed by atoms with Crippen LogP contribution in [0.1, 0.15) is 65.2 Å². The lowest BCUT2D eigenvalue weighted by Gasteiger charge is -2.27. The molecule has 0 unspecified atom stereocenters. The predicted molar refractivity (Wildman–Crippen MR) is 76.5 cm³/mol. The topological polar surface area (TPSA) is 15.3 Å². The van der Waals surface area contributed by atoms with Gasteiger partial charge in [-0.1, -0.05) is 33.1 Å². The van der Waals surface area contributed by atoms with Crippen molar-refractivity contribution < 1.29 is 0 Å². The summed E-state index contributed by atoms with van der Waals surface area (Å²) in [5, 5.41) is 3.73. The fourth-order valence-corrected chi connectivity index (χ4v) is 3.04. The SMILES string of the molecule is CCC(CC)N(C)CCCNC1CCCCC1. The molecule has 2 nitrogen and oxygen atoms in total. The molecule has 0 bridgehead atoms. The lowest BCUT2D eigenvalue weighted by Crippen LogP contribution is -2.35. The lowest BCUT2D eigenvalue weighted by atomic mass is 9.95. The van der Waals surface area contributed by atoms with E-state index in [0.29, 0.717) is 0 Å². The Morgan fingerprint density at radius 2 is 1.76 bits per heavy atom. The minimum absolute atomic E-state index is 0.782. The summed E-state index contributed by atoms with van der Waals surface area (Å²) in [6.45, 7) is 7.04. The molecule has 0 amide bonds. The van der Waals surface area contributed by atoms with E-state index < -0.39 is 0 Å². The minimum Gasteiger partial charge on any atom is -0.314 e. The van der Waals surface area contributed by atoms with Crippen LogP contribution in [0.2, 0.25) is 0 Å². The highest BCUT2D eigenvalue weighted by Gasteiger charge is 2.13. The summed E-state index contributed by atoms with van der Waals surface area (Å²) in [4.78, 5) is 2.53. The molecule has 0 aromatic rings. The van der Waals surface area contributed by atoms with Crippen molar-refractivity contribution in [1.82, 2.24) is 10.2 Å². The van der Waals surface area contributed by atoms with Gasteiger partial charge in [-0.2, -0.15) is 0 Å². The van der Waals surface area contributed by atoms with E-state index in [4.69, 9.17) is 0 Å². The van der Waals surface area contributed by atoms with Crippen LogP contribution in [0.3, 0.4) is 0 Å². The molecule has 102 valence electrons. The van der Waals surface area contributed by atoms with Gasteiger partial charge in [0, 0.05) is 12.1 Å². The Hall–Kier alpha value is -0.0800. The van der Waals surface area contributed by atoms with Crippen LogP contribution in [0.15, 0.2) is 0 Å². The van der Waals surface area contributed by atoms with Crippen LogP contribution in [0.25, 0.3) is 0 Å². The molecule has 1 aliphatic rings. The molecule has 1 fully saturated rings. The maximum atomic E-state index is 3.73. The van der Waals surface area contributed by atoms with Gasteiger partial charge >= 0.3 is 0 Å². The van der Waals surface area contributed by atoms with Gasteiger partial charge in [-0.15, -0.1) is 0 Å². The first-order valence-corrected chi connectivity index (χ1v) is 7.71. The molecule has 17 heavy (non-hydrogen) atoms. The van der Waals surface area contributed by atoms with E-state index >= 15 is 0 Å². The van der Waals surface area contributed by atoms with Crippen LogP contribution in [0.4, 0.5) is 0 Å². The maximum Gasteiger partial charge on any atom is 0.00869 e. The smallest absolute Gasteiger partial charge is 0.00869 e. The Labute approximate surface area is 108 Å². The molecule has 2 heteroatoms. The Morgan fingerprint density at radius 1 is 1.12 bits per heavy atom. The van der Waals surface area contributed by atoms with Gasteiger partial charge in [0.2, 0.25) is 0 Å². The van der Waals surface area contributed by atoms with E-state index in [-0.39, 0.29) is 0 Å². The minimum atomic E-state index is 0.782. The Kier molecular flexibility index (Phi) is 7.87. The van der Waals surface area contributed by atoms with Gasteiger partial charge in [0.15, 0.2) is 0 Å². The quantitative estimate of drug-likeness (QED) is 0.654. The Morgan fingerprint density at radius 3 is 2.35 bits per heavy atom. The first-order chi connectivity index (χ1) is 8.27. The molecule has 0 heterocycles. The molecule has 0 aromatic heterocycles. The number of hydrogen-bond donors (Lipinski definition) is 1. The lowest BCUT2D eigenvalue weighted by molar-refractivity contribution is 0.224. The molecule has 0 spiro atoms. The summed E-state index contributed by atoms with van der Waals surface area (Å²) in [7, 11) is 2.28. The molecule has 0 saturated heterocycles. The first-order valence-electron chi connectivity index (χ1n) is 7.71. The molecule has 1 rings (SSSR count). The zero-order valence-corrected chi connectivity index (χ0v) is 12.2. The summed E-state index contributed by atoms with van der Waals surface area (Å²) in [6, 6.07) is 1.60. The molecule has 1 N–H and O–H groups in total. The van der Waals surface area contributed by atoms with Gasteiger partial charge in [-0.3, -0.25) is 0 Å². The number of nitrogens with zero attached hydrogens (tertiary/aromatic N) is 1. The van der Waals surface area contributed by atoms with Crippen molar-refractivity contribution in [3.63, 3.8) is 0 Å². The first kappa shape index (κ1) is 15.0. The van der Waals surface area contributed by atoms with E-state index in [2.05, 4.69) is 31.1 Å². The van der Waals surface area contributed by atoms with E-state index in [1.807, 2.05) is 0 Å². The summed E-state index contributed by atoms with van der Waals surface area (Å²) < 4.78 is 0. The van der Waals surface area contributed by atoms with Crippen molar-refractivity contribution >= 4 is 0 Å². The molecule has 0 radical (unpaired) electrons. The highest BCUT2D eigenvalue weighted by molar-refractivity contribution is 4.72. The van der Waals surface area contributed by atoms with Gasteiger partial charge in [0.05, 0.1) is 0 Å². The second-order valence-electron chi connectivity index (χ2n) is 5.59. The number of nitrogens with one attached hydrogen (secondary N) is 1. The monoisotopic (exact) mass is 240 g/mol. The average Bonchev–Trinajstić information content (AvgIpc) is 2.37. The molecule has 1 saturated carbocycles. The fourth-order valence-electron chi connectivity index (χ4n) is 3.04. The second-order valence-corrected chi connectivity index (χ2v) is 5.59. The number of hydrogen-bond acceptors (Lipinski definition) is 2. The van der Waals surface area contributed by atoms with E-state index in [0.717, 1.165) is 12.1 Å². The van der Waals surface area contributed by atoms with Crippen molar-refractivity contribution in [2.75, 3.05) is 20.1 Å². The van der Waals surface area contributed by atoms with Crippen LogP contribution in [-0.4, -0.2) is 37.1 Å². The average molecular weight is 240 g/mol. The summed E-state index contributed by atoms with van der Waals surface area (Å²) in [6.07, 6.45) is 11.0. The van der Waals surface area contributed by atoms with Gasteiger partial charge in [0.25, 0.3) is 0 Å². The van der Waals surface area contributed by atoms with Crippen LogP contribution >= 0.6 is 0 Å². The molecular formula is C15H32N2. The van der Waals surface area contributed by atoms with Crippen molar-refractivity contribution in [3.8, 4) is 0 Å². The van der Waals surface area contributed by atoms with Crippen molar-refractivity contribution in [1.29, 1.82) is 0 Å². The maximum absolute atomic E-state index is 3.73. The highest BCUT2D eigenvalue weighted by atomic mass is 15.1. The van der Waals surface area contributed by atoms with Crippen molar-refractivity contribution in [2.24, 2.45) is 0 Å². The zero-order chi connectivity index (χ0) is 12.5. The van der Waals surface area contributed by atoms with Crippen molar-refractivity contribution in [3.05, 3.63) is 0 Å². The highest BCUT2D eigenvalue weighted by Crippen LogP contribution is 2.17. The van der Waals surface area contributed by atoms with Crippen LogP contribution in [0, 0.1) is 0 Å². The van der Waals surface area contributed by atoms with Crippen LogP contribution in [-0.2, 0) is 0 Å². The third-order valence-electron chi connectivity index (χ3n) is 4.29. The fraction of sp³-hybridized carbons (Fsp3) is 1.00. The van der Waals surface area contributed by atoms with Gasteiger partial charge in [-0.05, 0) is 52.2 Å². The Balaban J connectivity index is 2.02. The third kappa shape index (κ3) is 5.87. The van der Waals surface area contributed by atoms with E-state index in [1.165, 1.54) is 64.5 Å². The molecular weight excluding hydrogens is 208 g/mol. The van der Waals surface area contributed by atoms with E-state index in [1.54, 1.807) is 0 Å². The molecule has 0 aromatic carbocycles. The third-order valence-corrected chi connectivity index (χ3v) is 4.29. The van der Waals surface area contributed by atoms with Crippen molar-refractivity contribution in [2.45, 2.75) is 77.3 Å². The molecule has 1 aliphatic carbocycles. The second kappa shape index (κ2) is 8.93. The summed E-state index contributed by atoms with van der Waals surface area (Å²) in [5.41, 5.74) is 0. The summed E-state index contributed by atoms with van der Waals surface area (Å²) >= 11 is 0. The molecule has 0 aliphatic heterocycles. The van der Waals surface area contributed by atoms with Crippen LogP contribution < -0.4 is 5.32 Å². The van der Waals surface area contributed by atoms with Crippen LogP contribution in [0.5, 0.6) is 0 Å². The van der Waals surface area contributed by atoms with Gasteiger partial charge in [-0.25, -0.2) is 0 Å². The normalized spacial score (nSPS) is 18.2. The summed E-state index contributed by atoms with van der Waals surface area (Å²) in [5.74, 6) is 0. The standard InChI is InChI=1S/C15H32N2/c1-4-15(5-2)17(3)13-9-12-16-14-10-7-6-8-11-14/h14-16H,4-13H2,1-3H3. The van der Waals surface area contributed by atoms with Gasteiger partial charge in [0.1, 0.15) is 0 Å². The van der Waals surface area contributed by atoms with Gasteiger partial charge < -0.3 is 10.2 Å². The number of rotatable bonds is 8. The zero-order valence-electron chi connectivity index (χ0n) is 12.2. The molecule has 0 atom stereocenters. The largest absolute Gasteiger partial charge is 0.314 e. The van der Waals surface area contributed by atoms with E-state index in [9.17, 15) is 0 Å². The predicted octanol–water partition coefficient (Wildman–Crippen LogP) is 3.42. The Bertz CT molecular complexity index is 172.